The fourth-order valence-corrected chi connectivity index (χ4v) is 2.61. The molecule has 0 bridgehead atoms. The van der Waals surface area contributed by atoms with Gasteiger partial charge in [-0.1, -0.05) is 6.92 Å². The van der Waals surface area contributed by atoms with Crippen molar-refractivity contribution in [2.45, 2.75) is 31.8 Å². The molecule has 120 valence electrons. The Morgan fingerprint density at radius 1 is 1.36 bits per heavy atom. The van der Waals surface area contributed by atoms with E-state index in [1.165, 1.54) is 0 Å². The highest BCUT2D eigenvalue weighted by molar-refractivity contribution is 5.94. The molecule has 2 N–H and O–H groups in total. The quantitative estimate of drug-likeness (QED) is 0.838. The number of hydrogen-bond acceptors (Lipinski definition) is 3. The average molecular weight is 312 g/mol. The first-order valence-electron chi connectivity index (χ1n) is 7.12. The van der Waals surface area contributed by atoms with Gasteiger partial charge in [0.2, 0.25) is 0 Å². The second kappa shape index (κ2) is 6.83. The average Bonchev–Trinajstić information content (AvgIpc) is 2.42. The van der Waals surface area contributed by atoms with Crippen LogP contribution >= 0.6 is 0 Å². The van der Waals surface area contributed by atoms with Gasteiger partial charge in [-0.05, 0) is 37.6 Å². The predicted molar refractivity (Wildman–Crippen MR) is 75.5 cm³/mol. The minimum atomic E-state index is -0.892. The molecule has 0 saturated heterocycles. The normalized spacial score (nSPS) is 20.5. The van der Waals surface area contributed by atoms with E-state index in [9.17, 15) is 18.4 Å². The molecular formula is C15H18F2N2O3. The van der Waals surface area contributed by atoms with Crippen LogP contribution in [0, 0.1) is 11.6 Å². The van der Waals surface area contributed by atoms with E-state index in [2.05, 4.69) is 5.32 Å². The summed E-state index contributed by atoms with van der Waals surface area (Å²) in [4.78, 5) is 24.5. The molecule has 1 fully saturated rings. The molecule has 0 aliphatic heterocycles. The molecule has 1 aliphatic carbocycles. The summed E-state index contributed by atoms with van der Waals surface area (Å²) in [6.45, 7) is 2.44. The molecule has 2 rings (SSSR count). The highest BCUT2D eigenvalue weighted by atomic mass is 19.1. The Kier molecular flexibility index (Phi) is 5.07. The Hall–Kier alpha value is -2.02. The molecule has 1 aromatic carbocycles. The lowest BCUT2D eigenvalue weighted by Gasteiger charge is -2.42. The molecule has 1 aromatic rings. The maximum absolute atomic E-state index is 13.5. The van der Waals surface area contributed by atoms with Crippen molar-refractivity contribution in [1.82, 2.24) is 10.2 Å². The van der Waals surface area contributed by atoms with Crippen molar-refractivity contribution in [2.24, 2.45) is 0 Å². The highest BCUT2D eigenvalue weighted by Crippen LogP contribution is 2.26. The van der Waals surface area contributed by atoms with Crippen LogP contribution in [0.25, 0.3) is 0 Å². The standard InChI is InChI=1S/C15H18F2N2O3/c1-2-19(8-14(20)21)11-6-10(7-11)18-15(22)12-5-9(16)3-4-13(12)17/h3-5,10-11H,2,6-8H2,1H3,(H,18,22)(H,20,21). The largest absolute Gasteiger partial charge is 0.480 e. The van der Waals surface area contributed by atoms with Gasteiger partial charge in [0.1, 0.15) is 11.6 Å². The van der Waals surface area contributed by atoms with E-state index >= 15 is 0 Å². The van der Waals surface area contributed by atoms with Gasteiger partial charge >= 0.3 is 5.97 Å². The number of rotatable bonds is 6. The molecule has 7 heteroatoms. The molecule has 1 saturated carbocycles. The van der Waals surface area contributed by atoms with Crippen LogP contribution in [-0.4, -0.2) is 47.1 Å². The minimum absolute atomic E-state index is 0.0413. The van der Waals surface area contributed by atoms with Crippen molar-refractivity contribution in [3.63, 3.8) is 0 Å². The van der Waals surface area contributed by atoms with Crippen LogP contribution in [0.3, 0.4) is 0 Å². The monoisotopic (exact) mass is 312 g/mol. The molecule has 0 unspecified atom stereocenters. The van der Waals surface area contributed by atoms with Gasteiger partial charge in [-0.3, -0.25) is 14.5 Å². The Morgan fingerprint density at radius 2 is 2.05 bits per heavy atom. The molecule has 1 aliphatic rings. The van der Waals surface area contributed by atoms with Crippen LogP contribution in [0.2, 0.25) is 0 Å². The number of carboxylic acids is 1. The Morgan fingerprint density at radius 3 is 2.64 bits per heavy atom. The van der Waals surface area contributed by atoms with Crippen molar-refractivity contribution in [3.8, 4) is 0 Å². The minimum Gasteiger partial charge on any atom is -0.480 e. The van der Waals surface area contributed by atoms with E-state index in [0.29, 0.717) is 19.4 Å². The summed E-state index contributed by atoms with van der Waals surface area (Å²) in [6, 6.07) is 2.67. The van der Waals surface area contributed by atoms with Crippen molar-refractivity contribution in [3.05, 3.63) is 35.4 Å². The van der Waals surface area contributed by atoms with Crippen LogP contribution in [0.5, 0.6) is 0 Å². The first-order chi connectivity index (χ1) is 10.4. The van der Waals surface area contributed by atoms with Crippen LogP contribution in [0.1, 0.15) is 30.1 Å². The predicted octanol–water partition coefficient (Wildman–Crippen LogP) is 1.63. The molecular weight excluding hydrogens is 294 g/mol. The lowest BCUT2D eigenvalue weighted by atomic mass is 9.85. The zero-order valence-electron chi connectivity index (χ0n) is 12.2. The van der Waals surface area contributed by atoms with E-state index in [-0.39, 0.29) is 24.2 Å². The molecule has 0 heterocycles. The van der Waals surface area contributed by atoms with Crippen LogP contribution in [0.15, 0.2) is 18.2 Å². The summed E-state index contributed by atoms with van der Waals surface area (Å²) in [7, 11) is 0. The van der Waals surface area contributed by atoms with Crippen molar-refractivity contribution in [2.75, 3.05) is 13.1 Å². The van der Waals surface area contributed by atoms with E-state index in [1.807, 2.05) is 11.8 Å². The number of aliphatic carboxylic acids is 1. The zero-order chi connectivity index (χ0) is 16.3. The Labute approximate surface area is 126 Å². The van der Waals surface area contributed by atoms with Crippen LogP contribution in [0.4, 0.5) is 8.78 Å². The van der Waals surface area contributed by atoms with Gasteiger partial charge in [0.05, 0.1) is 12.1 Å². The molecule has 0 radical (unpaired) electrons. The molecule has 0 atom stereocenters. The van der Waals surface area contributed by atoms with Crippen LogP contribution < -0.4 is 5.32 Å². The van der Waals surface area contributed by atoms with E-state index in [1.54, 1.807) is 0 Å². The number of nitrogens with zero attached hydrogens (tertiary/aromatic N) is 1. The van der Waals surface area contributed by atoms with E-state index in [4.69, 9.17) is 5.11 Å². The second-order valence-corrected chi connectivity index (χ2v) is 5.38. The van der Waals surface area contributed by atoms with Crippen LogP contribution in [-0.2, 0) is 4.79 Å². The summed E-state index contributed by atoms with van der Waals surface area (Å²) in [5.74, 6) is -2.98. The second-order valence-electron chi connectivity index (χ2n) is 5.38. The number of carboxylic acid groups (broad SMARTS) is 1. The summed E-state index contributed by atoms with van der Waals surface area (Å²) >= 11 is 0. The molecule has 22 heavy (non-hydrogen) atoms. The maximum atomic E-state index is 13.5. The highest BCUT2D eigenvalue weighted by Gasteiger charge is 2.35. The van der Waals surface area contributed by atoms with Gasteiger partial charge in [0, 0.05) is 12.1 Å². The fraction of sp³-hybridized carbons (Fsp3) is 0.467. The third-order valence-corrected chi connectivity index (χ3v) is 3.88. The third kappa shape index (κ3) is 3.79. The van der Waals surface area contributed by atoms with Gasteiger partial charge in [-0.25, -0.2) is 8.78 Å². The van der Waals surface area contributed by atoms with Gasteiger partial charge < -0.3 is 10.4 Å². The summed E-state index contributed by atoms with van der Waals surface area (Å²) in [5, 5.41) is 11.5. The molecule has 5 nitrogen and oxygen atoms in total. The summed E-state index contributed by atoms with van der Waals surface area (Å²) in [6.07, 6.45) is 1.20. The van der Waals surface area contributed by atoms with Crippen molar-refractivity contribution < 1.29 is 23.5 Å². The number of amides is 1. The number of benzene rings is 1. The Balaban J connectivity index is 1.88. The van der Waals surface area contributed by atoms with Crippen molar-refractivity contribution >= 4 is 11.9 Å². The van der Waals surface area contributed by atoms with Gasteiger partial charge in [0.15, 0.2) is 0 Å². The van der Waals surface area contributed by atoms with Gasteiger partial charge in [0.25, 0.3) is 5.91 Å². The maximum Gasteiger partial charge on any atom is 0.317 e. The summed E-state index contributed by atoms with van der Waals surface area (Å²) < 4.78 is 26.6. The zero-order valence-corrected chi connectivity index (χ0v) is 12.2. The topological polar surface area (TPSA) is 69.6 Å². The number of hydrogen-bond donors (Lipinski definition) is 2. The molecule has 1 amide bonds. The lowest BCUT2D eigenvalue weighted by molar-refractivity contribution is -0.139. The van der Waals surface area contributed by atoms with E-state index < -0.39 is 23.5 Å². The number of likely N-dealkylation sites (N-methyl/N-ethyl adjacent to an activating group) is 1. The van der Waals surface area contributed by atoms with Crippen molar-refractivity contribution in [1.29, 1.82) is 0 Å². The van der Waals surface area contributed by atoms with Gasteiger partial charge in [-0.15, -0.1) is 0 Å². The van der Waals surface area contributed by atoms with Gasteiger partial charge in [-0.2, -0.15) is 0 Å². The van der Waals surface area contributed by atoms with E-state index in [0.717, 1.165) is 18.2 Å². The lowest BCUT2D eigenvalue weighted by Crippen LogP contribution is -2.54. The first kappa shape index (κ1) is 16.4. The SMILES string of the molecule is CCN(CC(=O)O)C1CC(NC(=O)c2cc(F)ccc2F)C1. The Bertz CT molecular complexity index is 574. The number of carbonyl (C=O) groups excluding carboxylic acids is 1. The smallest absolute Gasteiger partial charge is 0.317 e. The number of carbonyl (C=O) groups is 2. The third-order valence-electron chi connectivity index (χ3n) is 3.88. The number of nitrogens with one attached hydrogen (secondary N) is 1. The first-order valence-corrected chi connectivity index (χ1v) is 7.12. The molecule has 0 aromatic heterocycles. The molecule has 0 spiro atoms. The number of halogens is 2. The summed E-state index contributed by atoms with van der Waals surface area (Å²) in [5.41, 5.74) is -0.318. The fourth-order valence-electron chi connectivity index (χ4n) is 2.61.